The molecule has 1 N–H and O–H groups in total. The van der Waals surface area contributed by atoms with Crippen LogP contribution < -0.4 is 15.0 Å². The second-order valence-electron chi connectivity index (χ2n) is 8.46. The molecule has 0 radical (unpaired) electrons. The molecular weight excluding hydrogens is 479 g/mol. The lowest BCUT2D eigenvalue weighted by molar-refractivity contribution is -0.128. The van der Waals surface area contributed by atoms with E-state index in [2.05, 4.69) is 10.3 Å². The minimum atomic E-state index is -0.844. The van der Waals surface area contributed by atoms with Gasteiger partial charge in [-0.05, 0) is 75.4 Å². The third kappa shape index (κ3) is 4.45. The largest absolute Gasteiger partial charge is 0.479 e. The summed E-state index contributed by atoms with van der Waals surface area (Å²) in [6, 6.07) is 15.8. The molecule has 1 aliphatic rings. The van der Waals surface area contributed by atoms with Gasteiger partial charge in [-0.25, -0.2) is 9.37 Å². The Labute approximate surface area is 211 Å². The van der Waals surface area contributed by atoms with Crippen molar-refractivity contribution in [2.45, 2.75) is 32.9 Å². The number of aromatic nitrogens is 2. The van der Waals surface area contributed by atoms with Gasteiger partial charge in [0.05, 0.1) is 17.1 Å². The van der Waals surface area contributed by atoms with Gasteiger partial charge in [0.2, 0.25) is 5.91 Å². The van der Waals surface area contributed by atoms with Crippen LogP contribution in [0, 0.1) is 12.7 Å². The third-order valence-electron chi connectivity index (χ3n) is 5.94. The Kier molecular flexibility index (Phi) is 6.24. The Hall–Kier alpha value is -4.11. The monoisotopic (exact) mass is 502 g/mol. The highest BCUT2D eigenvalue weighted by Gasteiger charge is 2.37. The summed E-state index contributed by atoms with van der Waals surface area (Å²) in [5.41, 5.74) is 3.29. The number of carbonyl (C=O) groups excluding carboxylic acids is 2. The Bertz CT molecular complexity index is 1440. The van der Waals surface area contributed by atoms with Crippen molar-refractivity contribution in [3.63, 3.8) is 0 Å². The molecule has 0 saturated carbocycles. The number of thiazole rings is 1. The Balaban J connectivity index is 1.49. The molecule has 0 bridgehead atoms. The number of anilines is 2. The number of hydrogen-bond donors (Lipinski definition) is 1. The Morgan fingerprint density at radius 2 is 1.94 bits per heavy atom. The number of halogens is 1. The lowest BCUT2D eigenvalue weighted by Gasteiger charge is -2.36. The molecule has 5 rings (SSSR count). The lowest BCUT2D eigenvalue weighted by Crippen LogP contribution is -2.52. The number of pyridine rings is 1. The number of carbonyl (C=O) groups is 2. The average molecular weight is 503 g/mol. The number of aryl methyl sites for hydroxylation is 1. The molecule has 0 saturated heterocycles. The molecule has 182 valence electrons. The van der Waals surface area contributed by atoms with Crippen LogP contribution in [0.2, 0.25) is 0 Å². The van der Waals surface area contributed by atoms with Gasteiger partial charge in [0.25, 0.3) is 5.91 Å². The van der Waals surface area contributed by atoms with Gasteiger partial charge < -0.3 is 10.1 Å². The maximum Gasteiger partial charge on any atom is 0.268 e. The molecule has 4 aromatic rings. The molecule has 7 nitrogen and oxygen atoms in total. The number of fused-ring (bicyclic) bond motifs is 1. The minimum absolute atomic E-state index is 0.328. The predicted octanol–water partition coefficient (Wildman–Crippen LogP) is 5.46. The third-order valence-corrected chi connectivity index (χ3v) is 6.93. The summed E-state index contributed by atoms with van der Waals surface area (Å²) >= 11 is 1.54. The van der Waals surface area contributed by atoms with Gasteiger partial charge in [0.1, 0.15) is 22.6 Å². The minimum Gasteiger partial charge on any atom is -0.479 e. The van der Waals surface area contributed by atoms with E-state index in [1.165, 1.54) is 40.5 Å². The molecule has 0 spiro atoms. The van der Waals surface area contributed by atoms with E-state index in [0.717, 1.165) is 26.8 Å². The van der Waals surface area contributed by atoms with Crippen LogP contribution >= 0.6 is 11.3 Å². The normalized spacial score (nSPS) is 15.7. The maximum atomic E-state index is 13.2. The summed E-state index contributed by atoms with van der Waals surface area (Å²) < 4.78 is 19.1. The van der Waals surface area contributed by atoms with E-state index in [1.807, 2.05) is 37.3 Å². The van der Waals surface area contributed by atoms with Crippen LogP contribution in [0.3, 0.4) is 0 Å². The number of hydrogen-bond acceptors (Lipinski definition) is 6. The van der Waals surface area contributed by atoms with E-state index in [1.54, 1.807) is 26.1 Å². The van der Waals surface area contributed by atoms with Crippen molar-refractivity contribution in [1.29, 1.82) is 0 Å². The number of nitrogens with one attached hydrogen (secondary N) is 1. The molecule has 2 atom stereocenters. The molecule has 1 aliphatic heterocycles. The fraction of sp³-hybridized carbons (Fsp3) is 0.185. The van der Waals surface area contributed by atoms with Crippen LogP contribution in [0.25, 0.3) is 22.0 Å². The van der Waals surface area contributed by atoms with Crippen molar-refractivity contribution in [2.24, 2.45) is 0 Å². The van der Waals surface area contributed by atoms with Crippen molar-refractivity contribution in [1.82, 2.24) is 9.97 Å². The number of nitrogens with zero attached hydrogens (tertiary/aromatic N) is 3. The van der Waals surface area contributed by atoms with Crippen molar-refractivity contribution < 1.29 is 18.7 Å². The van der Waals surface area contributed by atoms with E-state index in [0.29, 0.717) is 17.1 Å². The molecular formula is C27H23FN4O3S. The quantitative estimate of drug-likeness (QED) is 0.392. The van der Waals surface area contributed by atoms with Crippen molar-refractivity contribution in [3.8, 4) is 27.7 Å². The van der Waals surface area contributed by atoms with Gasteiger partial charge in [-0.2, -0.15) is 0 Å². The predicted molar refractivity (Wildman–Crippen MR) is 138 cm³/mol. The van der Waals surface area contributed by atoms with Gasteiger partial charge >= 0.3 is 0 Å². The van der Waals surface area contributed by atoms with Gasteiger partial charge in [-0.3, -0.25) is 19.5 Å². The van der Waals surface area contributed by atoms with Gasteiger partial charge in [-0.15, -0.1) is 11.3 Å². The number of benzene rings is 2. The molecule has 2 aromatic heterocycles. The van der Waals surface area contributed by atoms with Crippen LogP contribution in [-0.2, 0) is 9.59 Å². The maximum absolute atomic E-state index is 13.2. The van der Waals surface area contributed by atoms with Gasteiger partial charge in [-0.1, -0.05) is 6.07 Å². The first-order chi connectivity index (χ1) is 17.3. The molecule has 2 amide bonds. The molecule has 3 heterocycles. The summed E-state index contributed by atoms with van der Waals surface area (Å²) in [6.07, 6.45) is 0.978. The van der Waals surface area contributed by atoms with Gasteiger partial charge in [0, 0.05) is 22.3 Å². The zero-order valence-corrected chi connectivity index (χ0v) is 20.7. The topological polar surface area (TPSA) is 84.4 Å². The molecule has 2 unspecified atom stereocenters. The van der Waals surface area contributed by atoms with E-state index >= 15 is 0 Å². The smallest absolute Gasteiger partial charge is 0.268 e. The average Bonchev–Trinajstić information content (AvgIpc) is 3.27. The molecule has 0 aliphatic carbocycles. The first kappa shape index (κ1) is 23.6. The summed E-state index contributed by atoms with van der Waals surface area (Å²) in [5, 5.41) is 3.55. The molecule has 0 fully saturated rings. The highest BCUT2D eigenvalue weighted by molar-refractivity contribution is 7.15. The van der Waals surface area contributed by atoms with Crippen molar-refractivity contribution >= 4 is 34.5 Å². The van der Waals surface area contributed by atoms with Crippen LogP contribution in [0.1, 0.15) is 18.7 Å². The zero-order chi connectivity index (χ0) is 25.4. The summed E-state index contributed by atoms with van der Waals surface area (Å²) in [4.78, 5) is 37.9. The Morgan fingerprint density at radius 1 is 1.17 bits per heavy atom. The van der Waals surface area contributed by atoms with E-state index < -0.39 is 23.9 Å². The van der Waals surface area contributed by atoms with Crippen molar-refractivity contribution in [3.05, 3.63) is 77.6 Å². The van der Waals surface area contributed by atoms with E-state index in [-0.39, 0.29) is 5.91 Å². The number of rotatable bonds is 5. The molecule has 9 heteroatoms. The first-order valence-electron chi connectivity index (χ1n) is 11.4. The fourth-order valence-electron chi connectivity index (χ4n) is 4.07. The highest BCUT2D eigenvalue weighted by Crippen LogP contribution is 2.40. The first-order valence-corrected chi connectivity index (χ1v) is 12.2. The van der Waals surface area contributed by atoms with E-state index in [9.17, 15) is 14.0 Å². The summed E-state index contributed by atoms with van der Waals surface area (Å²) in [5.74, 6) is -0.624. The van der Waals surface area contributed by atoms with Crippen LogP contribution in [0.5, 0.6) is 5.75 Å². The van der Waals surface area contributed by atoms with Crippen LogP contribution in [0.4, 0.5) is 15.8 Å². The van der Waals surface area contributed by atoms with Crippen LogP contribution in [-0.4, -0.2) is 33.9 Å². The number of amides is 2. The summed E-state index contributed by atoms with van der Waals surface area (Å²) in [7, 11) is 0. The second-order valence-corrected chi connectivity index (χ2v) is 9.66. The zero-order valence-electron chi connectivity index (χ0n) is 19.9. The van der Waals surface area contributed by atoms with Crippen molar-refractivity contribution in [2.75, 3.05) is 10.2 Å². The summed E-state index contributed by atoms with van der Waals surface area (Å²) in [6.45, 7) is 5.29. The Morgan fingerprint density at radius 3 is 2.67 bits per heavy atom. The highest BCUT2D eigenvalue weighted by atomic mass is 32.1. The lowest BCUT2D eigenvalue weighted by atomic mass is 10.1. The van der Waals surface area contributed by atoms with Gasteiger partial charge in [0.15, 0.2) is 6.10 Å². The number of ether oxygens (including phenoxy) is 1. The fourth-order valence-corrected chi connectivity index (χ4v) is 4.98. The standard InChI is InChI=1S/C27H23FN4O3S/c1-15(25(33)30-20-10-8-19(28)9-11-20)32-22-14-18(7-12-23(22)35-16(2)27(32)34)24-17(3)36-26(31-24)21-6-4-5-13-29-21/h4-16H,1-3H3,(H,30,33). The molecule has 2 aromatic carbocycles. The molecule has 36 heavy (non-hydrogen) atoms. The SMILES string of the molecule is Cc1sc(-c2ccccn2)nc1-c1ccc2c(c1)N(C(C)C(=O)Nc1ccc(F)cc1)C(=O)C(C)O2. The van der Waals surface area contributed by atoms with E-state index in [4.69, 9.17) is 9.72 Å². The van der Waals surface area contributed by atoms with Crippen LogP contribution in [0.15, 0.2) is 66.9 Å². The second kappa shape index (κ2) is 9.50.